The summed E-state index contributed by atoms with van der Waals surface area (Å²) < 4.78 is 0. The Bertz CT molecular complexity index is 519. The zero-order valence-corrected chi connectivity index (χ0v) is 11.0. The van der Waals surface area contributed by atoms with Crippen molar-refractivity contribution < 1.29 is 0 Å². The molecule has 1 fully saturated rings. The molecule has 0 atom stereocenters. The smallest absolute Gasteiger partial charge is 0.0705 e. The second kappa shape index (κ2) is 5.95. The average Bonchev–Trinajstić information content (AvgIpc) is 2.50. The van der Waals surface area contributed by atoms with E-state index in [2.05, 4.69) is 33.4 Å². The van der Waals surface area contributed by atoms with Gasteiger partial charge in [-0.25, -0.2) is 0 Å². The molecular weight excluding hydrogens is 234 g/mol. The molecular formula is C16H18N3. The fraction of sp³-hybridized carbons (Fsp3) is 0.312. The van der Waals surface area contributed by atoms with Gasteiger partial charge in [0.25, 0.3) is 0 Å². The van der Waals surface area contributed by atoms with Crippen LogP contribution < -0.4 is 5.32 Å². The molecule has 3 rings (SSSR count). The number of pyridine rings is 1. The first kappa shape index (κ1) is 12.3. The molecule has 0 bridgehead atoms. The van der Waals surface area contributed by atoms with Crippen LogP contribution in [-0.2, 0) is 6.54 Å². The standard InChI is InChI=1S/C16H18N3/c1-2-6-15(16-7-3-4-8-18-16)14(5-1)13-19-11-9-17-10-12-19/h1-4,6-8,17H,9-13H2. The Morgan fingerprint density at radius 2 is 2.05 bits per heavy atom. The van der Waals surface area contributed by atoms with Crippen molar-refractivity contribution in [2.75, 3.05) is 26.2 Å². The molecule has 0 unspecified atom stereocenters. The minimum Gasteiger partial charge on any atom is -0.314 e. The number of piperazine rings is 1. The van der Waals surface area contributed by atoms with Crippen LogP contribution >= 0.6 is 0 Å². The van der Waals surface area contributed by atoms with E-state index >= 15 is 0 Å². The Hall–Kier alpha value is -1.71. The van der Waals surface area contributed by atoms with E-state index in [9.17, 15) is 0 Å². The first-order valence-electron chi connectivity index (χ1n) is 6.77. The van der Waals surface area contributed by atoms with Crippen LogP contribution in [0.4, 0.5) is 0 Å². The second-order valence-corrected chi connectivity index (χ2v) is 4.80. The van der Waals surface area contributed by atoms with Crippen LogP contribution in [0, 0.1) is 6.07 Å². The number of benzene rings is 1. The van der Waals surface area contributed by atoms with Crippen molar-refractivity contribution in [1.82, 2.24) is 15.2 Å². The molecule has 19 heavy (non-hydrogen) atoms. The molecule has 3 nitrogen and oxygen atoms in total. The summed E-state index contributed by atoms with van der Waals surface area (Å²) in [6, 6.07) is 15.6. The summed E-state index contributed by atoms with van der Waals surface area (Å²) in [7, 11) is 0. The maximum atomic E-state index is 4.45. The highest BCUT2D eigenvalue weighted by atomic mass is 15.2. The average molecular weight is 252 g/mol. The Morgan fingerprint density at radius 3 is 2.84 bits per heavy atom. The highest BCUT2D eigenvalue weighted by Crippen LogP contribution is 2.22. The summed E-state index contributed by atoms with van der Waals surface area (Å²) in [4.78, 5) is 6.92. The molecule has 2 heterocycles. The molecule has 1 radical (unpaired) electrons. The maximum absolute atomic E-state index is 4.45. The van der Waals surface area contributed by atoms with Crippen LogP contribution in [0.25, 0.3) is 11.3 Å². The van der Waals surface area contributed by atoms with E-state index in [1.165, 1.54) is 11.1 Å². The molecule has 1 N–H and O–H groups in total. The fourth-order valence-electron chi connectivity index (χ4n) is 2.46. The molecule has 0 amide bonds. The minimum atomic E-state index is 0.953. The lowest BCUT2D eigenvalue weighted by atomic mass is 10.0. The number of aromatic nitrogens is 1. The fourth-order valence-corrected chi connectivity index (χ4v) is 2.46. The molecule has 1 aromatic carbocycles. The Kier molecular flexibility index (Phi) is 3.86. The van der Waals surface area contributed by atoms with Crippen molar-refractivity contribution in [3.8, 4) is 11.3 Å². The largest absolute Gasteiger partial charge is 0.314 e. The molecule has 3 heteroatoms. The van der Waals surface area contributed by atoms with Crippen LogP contribution in [0.3, 0.4) is 0 Å². The van der Waals surface area contributed by atoms with Gasteiger partial charge in [-0.15, -0.1) is 0 Å². The molecule has 0 spiro atoms. The van der Waals surface area contributed by atoms with Gasteiger partial charge in [-0.3, -0.25) is 9.88 Å². The van der Waals surface area contributed by atoms with Crippen LogP contribution in [-0.4, -0.2) is 36.1 Å². The third-order valence-electron chi connectivity index (χ3n) is 3.47. The molecule has 1 aromatic heterocycles. The predicted octanol–water partition coefficient (Wildman–Crippen LogP) is 1.95. The van der Waals surface area contributed by atoms with Gasteiger partial charge in [0.2, 0.25) is 0 Å². The van der Waals surface area contributed by atoms with Crippen molar-refractivity contribution in [2.45, 2.75) is 6.54 Å². The SMILES string of the molecule is [c]1cccc(-c2ccccn2)c1CN1CCNCC1. The van der Waals surface area contributed by atoms with Crippen molar-refractivity contribution >= 4 is 0 Å². The van der Waals surface area contributed by atoms with E-state index in [1.54, 1.807) is 0 Å². The summed E-state index contributed by atoms with van der Waals surface area (Å²) in [6.45, 7) is 5.31. The lowest BCUT2D eigenvalue weighted by Crippen LogP contribution is -2.42. The number of hydrogen-bond acceptors (Lipinski definition) is 3. The zero-order valence-electron chi connectivity index (χ0n) is 11.0. The molecule has 97 valence electrons. The maximum Gasteiger partial charge on any atom is 0.0705 e. The van der Waals surface area contributed by atoms with Gasteiger partial charge in [0.15, 0.2) is 0 Å². The van der Waals surface area contributed by atoms with E-state index in [1.807, 2.05) is 30.5 Å². The Balaban J connectivity index is 1.85. The third kappa shape index (κ3) is 3.00. The van der Waals surface area contributed by atoms with Crippen molar-refractivity contribution in [1.29, 1.82) is 0 Å². The van der Waals surface area contributed by atoms with E-state index < -0.39 is 0 Å². The van der Waals surface area contributed by atoms with Gasteiger partial charge in [0, 0.05) is 44.5 Å². The minimum absolute atomic E-state index is 0.953. The number of rotatable bonds is 3. The summed E-state index contributed by atoms with van der Waals surface area (Å²) in [5.41, 5.74) is 3.47. The summed E-state index contributed by atoms with van der Waals surface area (Å²) >= 11 is 0. The van der Waals surface area contributed by atoms with Gasteiger partial charge in [-0.2, -0.15) is 0 Å². The Labute approximate surface area is 114 Å². The highest BCUT2D eigenvalue weighted by Gasteiger charge is 2.13. The second-order valence-electron chi connectivity index (χ2n) is 4.80. The van der Waals surface area contributed by atoms with Gasteiger partial charge >= 0.3 is 0 Å². The van der Waals surface area contributed by atoms with E-state index in [4.69, 9.17) is 0 Å². The van der Waals surface area contributed by atoms with Crippen molar-refractivity contribution in [3.63, 3.8) is 0 Å². The topological polar surface area (TPSA) is 28.2 Å². The van der Waals surface area contributed by atoms with Gasteiger partial charge in [-0.1, -0.05) is 24.3 Å². The Morgan fingerprint density at radius 1 is 1.16 bits per heavy atom. The first-order chi connectivity index (χ1) is 9.43. The first-order valence-corrected chi connectivity index (χ1v) is 6.77. The number of nitrogens with zero attached hydrogens (tertiary/aromatic N) is 2. The summed E-state index contributed by atoms with van der Waals surface area (Å²) in [6.07, 6.45) is 1.84. The summed E-state index contributed by atoms with van der Waals surface area (Å²) in [5.74, 6) is 0. The molecule has 0 saturated carbocycles. The third-order valence-corrected chi connectivity index (χ3v) is 3.47. The van der Waals surface area contributed by atoms with Gasteiger partial charge in [0.05, 0.1) is 5.69 Å². The van der Waals surface area contributed by atoms with Crippen LogP contribution in [0.1, 0.15) is 5.56 Å². The van der Waals surface area contributed by atoms with E-state index in [-0.39, 0.29) is 0 Å². The van der Waals surface area contributed by atoms with Crippen LogP contribution in [0.5, 0.6) is 0 Å². The zero-order chi connectivity index (χ0) is 12.9. The van der Waals surface area contributed by atoms with Gasteiger partial charge in [-0.05, 0) is 23.8 Å². The van der Waals surface area contributed by atoms with E-state index in [0.29, 0.717) is 0 Å². The van der Waals surface area contributed by atoms with Gasteiger partial charge < -0.3 is 5.32 Å². The molecule has 2 aromatic rings. The predicted molar refractivity (Wildman–Crippen MR) is 76.7 cm³/mol. The van der Waals surface area contributed by atoms with Crippen molar-refractivity contribution in [2.24, 2.45) is 0 Å². The summed E-state index contributed by atoms with van der Waals surface area (Å²) in [5, 5.41) is 3.38. The quantitative estimate of drug-likeness (QED) is 0.905. The number of nitrogens with one attached hydrogen (secondary N) is 1. The molecule has 1 aliphatic rings. The molecule has 1 aliphatic heterocycles. The molecule has 1 saturated heterocycles. The van der Waals surface area contributed by atoms with Crippen molar-refractivity contribution in [3.05, 3.63) is 54.2 Å². The lowest BCUT2D eigenvalue weighted by Gasteiger charge is -2.27. The number of hydrogen-bond donors (Lipinski definition) is 1. The van der Waals surface area contributed by atoms with Gasteiger partial charge in [0.1, 0.15) is 0 Å². The monoisotopic (exact) mass is 252 g/mol. The lowest BCUT2D eigenvalue weighted by molar-refractivity contribution is 0.233. The van der Waals surface area contributed by atoms with E-state index in [0.717, 1.165) is 38.4 Å². The van der Waals surface area contributed by atoms with Crippen LogP contribution in [0.2, 0.25) is 0 Å². The normalized spacial score (nSPS) is 16.4. The van der Waals surface area contributed by atoms with Crippen LogP contribution in [0.15, 0.2) is 42.6 Å². The molecule has 0 aliphatic carbocycles. The highest BCUT2D eigenvalue weighted by molar-refractivity contribution is 5.63.